The molecule has 7 heteroatoms. The second kappa shape index (κ2) is 19.7. The molecule has 0 unspecified atom stereocenters. The van der Waals surface area contributed by atoms with Crippen molar-refractivity contribution in [2.45, 2.75) is 109 Å². The van der Waals surface area contributed by atoms with Crippen molar-refractivity contribution in [2.75, 3.05) is 13.1 Å². The lowest BCUT2D eigenvalue weighted by molar-refractivity contribution is -0.131. The first-order chi connectivity index (χ1) is 14.9. The number of allylic oxidation sites excluding steroid dienone is 1. The summed E-state index contributed by atoms with van der Waals surface area (Å²) in [5, 5.41) is 39.1. The average Bonchev–Trinajstić information content (AvgIpc) is 3.00. The summed E-state index contributed by atoms with van der Waals surface area (Å²) < 4.78 is 0. The molecule has 0 spiro atoms. The number of carbonyl (C=O) groups is 1. The summed E-state index contributed by atoms with van der Waals surface area (Å²) in [4.78, 5) is 10.4. The second-order valence-corrected chi connectivity index (χ2v) is 8.73. The van der Waals surface area contributed by atoms with E-state index in [1.54, 1.807) is 6.08 Å². The first-order valence-electron chi connectivity index (χ1n) is 12.2. The van der Waals surface area contributed by atoms with Crippen LogP contribution in [0.15, 0.2) is 12.2 Å². The van der Waals surface area contributed by atoms with E-state index in [1.165, 1.54) is 0 Å². The van der Waals surface area contributed by atoms with Crippen LogP contribution in [0.25, 0.3) is 0 Å². The van der Waals surface area contributed by atoms with E-state index in [0.717, 1.165) is 89.8 Å². The highest BCUT2D eigenvalue weighted by molar-refractivity contribution is 5.79. The highest BCUT2D eigenvalue weighted by Crippen LogP contribution is 2.39. The number of nitrogens with two attached hydrogens (primary N) is 2. The van der Waals surface area contributed by atoms with Gasteiger partial charge in [-0.2, -0.15) is 0 Å². The smallest absolute Gasteiger partial charge is 0.327 e. The zero-order valence-corrected chi connectivity index (χ0v) is 19.5. The Kier molecular flexibility index (Phi) is 19.0. The van der Waals surface area contributed by atoms with Crippen molar-refractivity contribution in [3.8, 4) is 0 Å². The number of aliphatic hydroxyl groups excluding tert-OH is 3. The molecule has 0 saturated heterocycles. The quantitative estimate of drug-likeness (QED) is 0.158. The molecule has 8 N–H and O–H groups in total. The third kappa shape index (κ3) is 15.5. The summed E-state index contributed by atoms with van der Waals surface area (Å²) in [7, 11) is 0. The molecular weight excluding hydrogens is 396 g/mol. The summed E-state index contributed by atoms with van der Waals surface area (Å²) in [5.74, 6) is -0.779. The predicted molar refractivity (Wildman–Crippen MR) is 126 cm³/mol. The van der Waals surface area contributed by atoms with E-state index in [2.05, 4.69) is 6.92 Å². The Bertz CT molecular complexity index is 457. The van der Waals surface area contributed by atoms with E-state index in [4.69, 9.17) is 16.6 Å². The van der Waals surface area contributed by atoms with Crippen molar-refractivity contribution in [3.05, 3.63) is 12.2 Å². The Morgan fingerprint density at radius 1 is 0.935 bits per heavy atom. The van der Waals surface area contributed by atoms with Crippen molar-refractivity contribution in [1.29, 1.82) is 0 Å². The van der Waals surface area contributed by atoms with Crippen molar-refractivity contribution in [2.24, 2.45) is 23.3 Å². The molecule has 1 saturated carbocycles. The maximum atomic E-state index is 10.4. The molecule has 1 aliphatic carbocycles. The van der Waals surface area contributed by atoms with Crippen LogP contribution in [-0.2, 0) is 4.79 Å². The molecule has 0 aliphatic heterocycles. The number of aliphatic hydroxyl groups is 3. The molecule has 0 radical (unpaired) electrons. The largest absolute Gasteiger partial charge is 0.478 e. The fourth-order valence-electron chi connectivity index (χ4n) is 4.25. The molecule has 184 valence electrons. The summed E-state index contributed by atoms with van der Waals surface area (Å²) in [5.41, 5.74) is 10.3. The molecule has 0 aromatic rings. The van der Waals surface area contributed by atoms with Gasteiger partial charge in [-0.3, -0.25) is 0 Å². The lowest BCUT2D eigenvalue weighted by atomic mass is 9.84. The average molecular weight is 445 g/mol. The first-order valence-corrected chi connectivity index (χ1v) is 12.2. The monoisotopic (exact) mass is 444 g/mol. The molecule has 0 amide bonds. The number of hydrogen-bond donors (Lipinski definition) is 6. The van der Waals surface area contributed by atoms with E-state index < -0.39 is 18.2 Å². The maximum absolute atomic E-state index is 10.4. The number of aliphatic carboxylic acids is 1. The Morgan fingerprint density at radius 2 is 1.55 bits per heavy atom. The summed E-state index contributed by atoms with van der Waals surface area (Å²) in [6, 6.07) is 0. The minimum Gasteiger partial charge on any atom is -0.478 e. The van der Waals surface area contributed by atoms with Gasteiger partial charge in [0.15, 0.2) is 0 Å². The van der Waals surface area contributed by atoms with Crippen LogP contribution < -0.4 is 11.5 Å². The zero-order chi connectivity index (χ0) is 23.5. The molecule has 0 aromatic heterocycles. The predicted octanol–water partition coefficient (Wildman–Crippen LogP) is 2.95. The number of unbranched alkanes of at least 4 members (excludes halogenated alkanes) is 5. The Morgan fingerprint density at radius 3 is 2.10 bits per heavy atom. The van der Waals surface area contributed by atoms with Crippen molar-refractivity contribution < 1.29 is 25.2 Å². The summed E-state index contributed by atoms with van der Waals surface area (Å²) in [6.07, 6.45) is 13.1. The van der Waals surface area contributed by atoms with E-state index >= 15 is 0 Å². The van der Waals surface area contributed by atoms with Gasteiger partial charge in [-0.05, 0) is 82.7 Å². The van der Waals surface area contributed by atoms with Gasteiger partial charge in [0.2, 0.25) is 0 Å². The third-order valence-electron chi connectivity index (χ3n) is 6.07. The topological polar surface area (TPSA) is 150 Å². The SMILES string of the molecule is CCCCC[C@H](O)CC[C@@H]1[C@@H](CCCCC=CC(=O)O)[C@@H](O)C[C@H]1O.NCCCCN. The van der Waals surface area contributed by atoms with E-state index in [-0.39, 0.29) is 17.9 Å². The summed E-state index contributed by atoms with van der Waals surface area (Å²) in [6.45, 7) is 3.69. The van der Waals surface area contributed by atoms with Crippen LogP contribution in [0, 0.1) is 11.8 Å². The molecule has 1 aliphatic rings. The molecule has 7 nitrogen and oxygen atoms in total. The van der Waals surface area contributed by atoms with Gasteiger partial charge in [0, 0.05) is 6.08 Å². The fraction of sp³-hybridized carbons (Fsp3) is 0.875. The van der Waals surface area contributed by atoms with Gasteiger partial charge in [-0.15, -0.1) is 0 Å². The van der Waals surface area contributed by atoms with Crippen molar-refractivity contribution >= 4 is 5.97 Å². The Hall–Kier alpha value is -0.990. The molecule has 1 fully saturated rings. The van der Waals surface area contributed by atoms with Crippen LogP contribution in [0.1, 0.15) is 90.4 Å². The van der Waals surface area contributed by atoms with Crippen LogP contribution in [0.4, 0.5) is 0 Å². The van der Waals surface area contributed by atoms with Gasteiger partial charge in [-0.25, -0.2) is 4.79 Å². The van der Waals surface area contributed by atoms with Crippen molar-refractivity contribution in [3.63, 3.8) is 0 Å². The fourth-order valence-corrected chi connectivity index (χ4v) is 4.25. The van der Waals surface area contributed by atoms with Crippen LogP contribution in [-0.4, -0.2) is 57.8 Å². The first kappa shape index (κ1) is 30.0. The molecule has 0 heterocycles. The third-order valence-corrected chi connectivity index (χ3v) is 6.07. The molecular formula is C24H48N2O5. The van der Waals surface area contributed by atoms with E-state index in [1.807, 2.05) is 0 Å². The molecule has 5 atom stereocenters. The molecule has 1 rings (SSSR count). The van der Waals surface area contributed by atoms with Gasteiger partial charge >= 0.3 is 5.97 Å². The van der Waals surface area contributed by atoms with Gasteiger partial charge in [0.05, 0.1) is 18.3 Å². The van der Waals surface area contributed by atoms with Crippen LogP contribution in [0.3, 0.4) is 0 Å². The lowest BCUT2D eigenvalue weighted by Gasteiger charge is -2.24. The van der Waals surface area contributed by atoms with Crippen LogP contribution in [0.2, 0.25) is 0 Å². The Balaban J connectivity index is 0.00000131. The molecule has 0 aromatic carbocycles. The minimum absolute atomic E-state index is 0.0605. The number of carboxylic acid groups (broad SMARTS) is 1. The zero-order valence-electron chi connectivity index (χ0n) is 19.5. The number of hydrogen-bond acceptors (Lipinski definition) is 6. The lowest BCUT2D eigenvalue weighted by Crippen LogP contribution is -2.24. The van der Waals surface area contributed by atoms with Crippen LogP contribution in [0.5, 0.6) is 0 Å². The number of carboxylic acids is 1. The van der Waals surface area contributed by atoms with Crippen LogP contribution >= 0.6 is 0 Å². The van der Waals surface area contributed by atoms with E-state index in [9.17, 15) is 20.1 Å². The maximum Gasteiger partial charge on any atom is 0.327 e. The normalized spacial score (nSPS) is 24.2. The second-order valence-electron chi connectivity index (χ2n) is 8.73. The van der Waals surface area contributed by atoms with Gasteiger partial charge in [0.1, 0.15) is 0 Å². The van der Waals surface area contributed by atoms with E-state index in [0.29, 0.717) is 12.8 Å². The molecule has 0 bridgehead atoms. The Labute approximate surface area is 188 Å². The highest BCUT2D eigenvalue weighted by atomic mass is 16.4. The standard InChI is InChI=1S/C20H36O5.C4H12N2/c1-2-3-6-9-15(21)12-13-17-16(18(22)14-19(17)23)10-7-4-5-8-11-20(24)25;5-3-1-2-4-6/h8,11,15-19,21-23H,2-7,9-10,12-14H2,1H3,(H,24,25);1-6H2/t15-,16+,17+,18-,19+;/m0./s1. The van der Waals surface area contributed by atoms with Crippen molar-refractivity contribution in [1.82, 2.24) is 0 Å². The summed E-state index contributed by atoms with van der Waals surface area (Å²) >= 11 is 0. The number of rotatable bonds is 16. The van der Waals surface area contributed by atoms with Gasteiger partial charge in [-0.1, -0.05) is 38.7 Å². The van der Waals surface area contributed by atoms with Gasteiger partial charge in [0.25, 0.3) is 0 Å². The highest BCUT2D eigenvalue weighted by Gasteiger charge is 2.40. The minimum atomic E-state index is -0.924. The molecule has 31 heavy (non-hydrogen) atoms. The van der Waals surface area contributed by atoms with Gasteiger partial charge < -0.3 is 31.9 Å².